The van der Waals surface area contributed by atoms with Crippen LogP contribution in [0, 0.1) is 0 Å². The molecule has 0 bridgehead atoms. The number of phenolic OH excluding ortho intramolecular Hbond substituents is 2. The van der Waals surface area contributed by atoms with Gasteiger partial charge in [-0.25, -0.2) is 0 Å². The molecule has 0 saturated carbocycles. The molecule has 2 N–H and O–H groups in total. The number of carbonyl (C=O) groups is 1. The van der Waals surface area contributed by atoms with Gasteiger partial charge in [0.1, 0.15) is 17.3 Å². The van der Waals surface area contributed by atoms with E-state index in [1.165, 1.54) is 64.2 Å². The molecule has 0 aliphatic rings. The average Bonchev–Trinajstić information content (AvgIpc) is 2.77. The second kappa shape index (κ2) is 14.7. The fourth-order valence-electron chi connectivity index (χ4n) is 4.26. The molecule has 0 atom stereocenters. The normalized spacial score (nSPS) is 11.2. The molecule has 2 aromatic carbocycles. The molecular weight excluding hydrogens is 384 g/mol. The van der Waals surface area contributed by atoms with Crippen molar-refractivity contribution in [1.82, 2.24) is 0 Å². The van der Waals surface area contributed by atoms with Crippen molar-refractivity contribution >= 4 is 5.78 Å². The molecule has 0 aliphatic heterocycles. The first kappa shape index (κ1) is 25.0. The molecule has 0 radical (unpaired) electrons. The Kier molecular flexibility index (Phi) is 11.8. The van der Waals surface area contributed by atoms with Crippen LogP contribution in [0.25, 0.3) is 0 Å². The van der Waals surface area contributed by atoms with E-state index in [9.17, 15) is 15.0 Å². The van der Waals surface area contributed by atoms with Gasteiger partial charge in [0.25, 0.3) is 0 Å². The second-order valence-corrected chi connectivity index (χ2v) is 8.66. The van der Waals surface area contributed by atoms with Crippen molar-refractivity contribution < 1.29 is 15.0 Å². The Morgan fingerprint density at radius 3 is 1.45 bits per heavy atom. The number of hydrogen-bond acceptors (Lipinski definition) is 3. The first-order valence-corrected chi connectivity index (χ1v) is 12.2. The molecule has 0 amide bonds. The molecule has 31 heavy (non-hydrogen) atoms. The quantitative estimate of drug-likeness (QED) is 0.269. The molecule has 0 aliphatic carbocycles. The fraction of sp³-hybridized carbons (Fsp3) is 0.536. The summed E-state index contributed by atoms with van der Waals surface area (Å²) in [5, 5.41) is 20.6. The number of aromatic hydroxyl groups is 2. The third kappa shape index (κ3) is 8.77. The van der Waals surface area contributed by atoms with Gasteiger partial charge in [0, 0.05) is 17.5 Å². The number of phenols is 2. The minimum atomic E-state index is -0.630. The molecule has 0 saturated heterocycles. The van der Waals surface area contributed by atoms with Crippen LogP contribution in [0.3, 0.4) is 0 Å². The molecule has 0 spiro atoms. The average molecular weight is 425 g/mol. The van der Waals surface area contributed by atoms with Crippen molar-refractivity contribution in [2.45, 2.75) is 96.3 Å². The van der Waals surface area contributed by atoms with Gasteiger partial charge in [0.05, 0.1) is 5.92 Å². The highest BCUT2D eigenvalue weighted by atomic mass is 16.3. The summed E-state index contributed by atoms with van der Waals surface area (Å²) < 4.78 is 0. The van der Waals surface area contributed by atoms with Crippen LogP contribution >= 0.6 is 0 Å². The fourth-order valence-corrected chi connectivity index (χ4v) is 4.26. The number of unbranched alkanes of at least 4 members (excludes halogenated alkanes) is 11. The van der Waals surface area contributed by atoms with Crippen LogP contribution in [0.5, 0.6) is 11.5 Å². The Balaban J connectivity index is 1.76. The van der Waals surface area contributed by atoms with Gasteiger partial charge in [-0.3, -0.25) is 4.79 Å². The van der Waals surface area contributed by atoms with E-state index >= 15 is 0 Å². The number of hydrogen-bond donors (Lipinski definition) is 2. The van der Waals surface area contributed by atoms with Crippen molar-refractivity contribution in [3.63, 3.8) is 0 Å². The highest BCUT2D eigenvalue weighted by molar-refractivity contribution is 5.90. The third-order valence-electron chi connectivity index (χ3n) is 6.09. The van der Waals surface area contributed by atoms with E-state index < -0.39 is 5.92 Å². The predicted octanol–water partition coefficient (Wildman–Crippen LogP) is 7.89. The predicted molar refractivity (Wildman–Crippen MR) is 129 cm³/mol. The lowest BCUT2D eigenvalue weighted by Gasteiger charge is -2.19. The Hall–Kier alpha value is -2.29. The maximum Gasteiger partial charge on any atom is 0.145 e. The van der Waals surface area contributed by atoms with Gasteiger partial charge in [-0.05, 0) is 18.6 Å². The summed E-state index contributed by atoms with van der Waals surface area (Å²) in [6.45, 7) is 2.25. The monoisotopic (exact) mass is 424 g/mol. The lowest BCUT2D eigenvalue weighted by molar-refractivity contribution is -0.119. The van der Waals surface area contributed by atoms with Crippen LogP contribution < -0.4 is 0 Å². The maximum atomic E-state index is 13.1. The molecule has 0 unspecified atom stereocenters. The smallest absolute Gasteiger partial charge is 0.145 e. The second-order valence-electron chi connectivity index (χ2n) is 8.66. The highest BCUT2D eigenvalue weighted by Crippen LogP contribution is 2.37. The Morgan fingerprint density at radius 1 is 0.645 bits per heavy atom. The zero-order valence-electron chi connectivity index (χ0n) is 19.2. The van der Waals surface area contributed by atoms with Crippen LogP contribution in [-0.4, -0.2) is 16.0 Å². The van der Waals surface area contributed by atoms with Crippen molar-refractivity contribution in [2.75, 3.05) is 0 Å². The van der Waals surface area contributed by atoms with Crippen LogP contribution in [0.1, 0.15) is 107 Å². The molecule has 2 rings (SSSR count). The van der Waals surface area contributed by atoms with Gasteiger partial charge in [-0.2, -0.15) is 0 Å². The number of carbonyl (C=O) groups excluding carboxylic acids is 1. The lowest BCUT2D eigenvalue weighted by Crippen LogP contribution is -2.14. The van der Waals surface area contributed by atoms with Gasteiger partial charge in [0.15, 0.2) is 0 Å². The number of Topliss-reactive ketones (excluding diaryl/α,β-unsaturated/α-hetero) is 1. The maximum absolute atomic E-state index is 13.1. The Bertz CT molecular complexity index is 723. The lowest BCUT2D eigenvalue weighted by atomic mass is 9.84. The van der Waals surface area contributed by atoms with Gasteiger partial charge in [0.2, 0.25) is 0 Å². The minimum absolute atomic E-state index is 0.0510. The molecular formula is C28H40O3. The largest absolute Gasteiger partial charge is 0.508 e. The van der Waals surface area contributed by atoms with Gasteiger partial charge >= 0.3 is 0 Å². The summed E-state index contributed by atoms with van der Waals surface area (Å²) >= 11 is 0. The zero-order chi connectivity index (χ0) is 22.3. The molecule has 0 aromatic heterocycles. The van der Waals surface area contributed by atoms with E-state index in [1.807, 2.05) is 12.1 Å². The van der Waals surface area contributed by atoms with E-state index in [4.69, 9.17) is 0 Å². The number of rotatable bonds is 16. The van der Waals surface area contributed by atoms with Crippen LogP contribution in [-0.2, 0) is 4.79 Å². The number of ketones is 1. The molecule has 3 nitrogen and oxygen atoms in total. The number of para-hydroxylation sites is 2. The first-order valence-electron chi connectivity index (χ1n) is 12.2. The topological polar surface area (TPSA) is 57.5 Å². The van der Waals surface area contributed by atoms with E-state index in [2.05, 4.69) is 6.92 Å². The third-order valence-corrected chi connectivity index (χ3v) is 6.09. The van der Waals surface area contributed by atoms with Gasteiger partial charge < -0.3 is 10.2 Å². The van der Waals surface area contributed by atoms with E-state index in [0.29, 0.717) is 17.5 Å². The van der Waals surface area contributed by atoms with Crippen LogP contribution in [0.4, 0.5) is 0 Å². The zero-order valence-corrected chi connectivity index (χ0v) is 19.2. The summed E-state index contributed by atoms with van der Waals surface area (Å²) in [6, 6.07) is 13.9. The van der Waals surface area contributed by atoms with E-state index in [0.717, 1.165) is 12.8 Å². The van der Waals surface area contributed by atoms with Crippen LogP contribution in [0.2, 0.25) is 0 Å². The number of benzene rings is 2. The van der Waals surface area contributed by atoms with Gasteiger partial charge in [-0.1, -0.05) is 114 Å². The van der Waals surface area contributed by atoms with Crippen molar-refractivity contribution in [3.05, 3.63) is 59.7 Å². The Morgan fingerprint density at radius 2 is 1.03 bits per heavy atom. The molecule has 0 fully saturated rings. The Labute approximate surface area is 188 Å². The van der Waals surface area contributed by atoms with E-state index in [-0.39, 0.29) is 17.3 Å². The summed E-state index contributed by atoms with van der Waals surface area (Å²) in [7, 11) is 0. The van der Waals surface area contributed by atoms with Gasteiger partial charge in [-0.15, -0.1) is 0 Å². The summed E-state index contributed by atoms with van der Waals surface area (Å²) in [5.41, 5.74) is 1.13. The first-order chi connectivity index (χ1) is 15.1. The molecule has 170 valence electrons. The minimum Gasteiger partial charge on any atom is -0.508 e. The SMILES string of the molecule is CCCCCCCCCCCCCCC(=O)C(c1ccccc1O)c1ccccc1O. The highest BCUT2D eigenvalue weighted by Gasteiger charge is 2.26. The summed E-state index contributed by atoms with van der Waals surface area (Å²) in [4.78, 5) is 13.1. The summed E-state index contributed by atoms with van der Waals surface area (Å²) in [5.74, 6) is -0.386. The van der Waals surface area contributed by atoms with E-state index in [1.54, 1.807) is 36.4 Å². The molecule has 3 heteroatoms. The molecule has 0 heterocycles. The molecule has 2 aromatic rings. The standard InChI is InChI=1S/C28H40O3/c1-2-3-4-5-6-7-8-9-10-11-12-13-22-27(31)28(23-18-14-16-20-25(23)29)24-19-15-17-21-26(24)30/h14-21,28-30H,2-13,22H2,1H3. The van der Waals surface area contributed by atoms with Crippen molar-refractivity contribution in [3.8, 4) is 11.5 Å². The van der Waals surface area contributed by atoms with Crippen molar-refractivity contribution in [2.24, 2.45) is 0 Å². The van der Waals surface area contributed by atoms with Crippen molar-refractivity contribution in [1.29, 1.82) is 0 Å². The summed E-state index contributed by atoms with van der Waals surface area (Å²) in [6.07, 6.45) is 15.6. The van der Waals surface area contributed by atoms with Crippen LogP contribution in [0.15, 0.2) is 48.5 Å².